The second-order valence-electron chi connectivity index (χ2n) is 5.75. The van der Waals surface area contributed by atoms with E-state index in [2.05, 4.69) is 23.9 Å². The molecule has 0 spiro atoms. The Balaban J connectivity index is 2.08. The minimum Gasteiger partial charge on any atom is -0.382 e. The third-order valence-electron chi connectivity index (χ3n) is 4.49. The van der Waals surface area contributed by atoms with Gasteiger partial charge in [0.25, 0.3) is 0 Å². The van der Waals surface area contributed by atoms with E-state index in [-0.39, 0.29) is 0 Å². The summed E-state index contributed by atoms with van der Waals surface area (Å²) in [5, 5.41) is 3.54. The van der Waals surface area contributed by atoms with Gasteiger partial charge in [-0.05, 0) is 49.6 Å². The Morgan fingerprint density at radius 1 is 1.10 bits per heavy atom. The van der Waals surface area contributed by atoms with Crippen molar-refractivity contribution in [2.45, 2.75) is 44.0 Å². The van der Waals surface area contributed by atoms with Crippen LogP contribution in [0.3, 0.4) is 0 Å². The lowest BCUT2D eigenvalue weighted by molar-refractivity contribution is 0.253. The molecule has 0 heterocycles. The molecule has 112 valence electrons. The number of hydrogen-bond acceptors (Lipinski definition) is 3. The summed E-state index contributed by atoms with van der Waals surface area (Å²) in [5.74, 6) is 1.38. The Hall–Kier alpha value is -1.07. The van der Waals surface area contributed by atoms with Crippen molar-refractivity contribution < 1.29 is 8.42 Å². The van der Waals surface area contributed by atoms with Crippen LogP contribution in [0.5, 0.6) is 0 Å². The standard InChI is InChI=1S/C15H24N2O2S/c1-11-5-4-6-15(12(11)2)17-13-7-9-14(10-8-13)20(18,19)16-3/h7-12,15-17H,4-6H2,1-3H3. The van der Waals surface area contributed by atoms with E-state index in [0.717, 1.165) is 11.6 Å². The molecule has 0 saturated heterocycles. The second kappa shape index (κ2) is 6.14. The van der Waals surface area contributed by atoms with Crippen LogP contribution in [0, 0.1) is 11.8 Å². The summed E-state index contributed by atoms with van der Waals surface area (Å²) in [5.41, 5.74) is 0.992. The molecule has 1 aliphatic carbocycles. The van der Waals surface area contributed by atoms with Gasteiger partial charge in [-0.15, -0.1) is 0 Å². The quantitative estimate of drug-likeness (QED) is 0.898. The maximum atomic E-state index is 11.7. The molecule has 3 unspecified atom stereocenters. The van der Waals surface area contributed by atoms with E-state index in [1.807, 2.05) is 12.1 Å². The van der Waals surface area contributed by atoms with Crippen LogP contribution in [0.15, 0.2) is 29.2 Å². The van der Waals surface area contributed by atoms with Crippen molar-refractivity contribution in [3.05, 3.63) is 24.3 Å². The molecular formula is C15H24N2O2S. The van der Waals surface area contributed by atoms with E-state index in [1.165, 1.54) is 26.3 Å². The van der Waals surface area contributed by atoms with Crippen LogP contribution < -0.4 is 10.0 Å². The lowest BCUT2D eigenvalue weighted by atomic mass is 9.78. The highest BCUT2D eigenvalue weighted by Crippen LogP contribution is 2.31. The highest BCUT2D eigenvalue weighted by atomic mass is 32.2. The van der Waals surface area contributed by atoms with Crippen LogP contribution in [0.2, 0.25) is 0 Å². The monoisotopic (exact) mass is 296 g/mol. The lowest BCUT2D eigenvalue weighted by Gasteiger charge is -2.35. The Kier molecular flexibility index (Phi) is 4.70. The first kappa shape index (κ1) is 15.3. The minimum atomic E-state index is -3.35. The summed E-state index contributed by atoms with van der Waals surface area (Å²) in [6.45, 7) is 4.60. The first-order valence-electron chi connectivity index (χ1n) is 7.24. The molecule has 1 aromatic carbocycles. The molecule has 20 heavy (non-hydrogen) atoms. The molecule has 0 aromatic heterocycles. The largest absolute Gasteiger partial charge is 0.382 e. The average molecular weight is 296 g/mol. The van der Waals surface area contributed by atoms with Gasteiger partial charge in [0.1, 0.15) is 0 Å². The number of anilines is 1. The zero-order valence-corrected chi connectivity index (χ0v) is 13.2. The van der Waals surface area contributed by atoms with E-state index in [1.54, 1.807) is 12.1 Å². The van der Waals surface area contributed by atoms with Crippen LogP contribution in [0.4, 0.5) is 5.69 Å². The van der Waals surface area contributed by atoms with Gasteiger partial charge < -0.3 is 5.32 Å². The molecule has 2 rings (SSSR count). The van der Waals surface area contributed by atoms with Gasteiger partial charge in [-0.1, -0.05) is 26.7 Å². The molecule has 5 heteroatoms. The van der Waals surface area contributed by atoms with E-state index < -0.39 is 10.0 Å². The maximum Gasteiger partial charge on any atom is 0.240 e. The zero-order valence-electron chi connectivity index (χ0n) is 12.4. The summed E-state index contributed by atoms with van der Waals surface area (Å²) in [6, 6.07) is 7.45. The van der Waals surface area contributed by atoms with E-state index in [4.69, 9.17) is 0 Å². The molecule has 1 saturated carbocycles. The predicted octanol–water partition coefficient (Wildman–Crippen LogP) is 2.83. The van der Waals surface area contributed by atoms with Crippen molar-refractivity contribution >= 4 is 15.7 Å². The van der Waals surface area contributed by atoms with Gasteiger partial charge in [0.2, 0.25) is 10.0 Å². The van der Waals surface area contributed by atoms with Gasteiger partial charge in [0, 0.05) is 11.7 Å². The molecule has 1 fully saturated rings. The van der Waals surface area contributed by atoms with Gasteiger partial charge in [-0.2, -0.15) is 0 Å². The Morgan fingerprint density at radius 3 is 2.35 bits per heavy atom. The summed E-state index contributed by atoms with van der Waals surface area (Å²) in [4.78, 5) is 0.301. The SMILES string of the molecule is CNS(=O)(=O)c1ccc(NC2CCCC(C)C2C)cc1. The van der Waals surface area contributed by atoms with Crippen molar-refractivity contribution in [2.24, 2.45) is 11.8 Å². The molecule has 0 amide bonds. The van der Waals surface area contributed by atoms with Crippen molar-refractivity contribution in [1.82, 2.24) is 4.72 Å². The molecule has 1 aliphatic rings. The van der Waals surface area contributed by atoms with Gasteiger partial charge in [0.05, 0.1) is 4.90 Å². The van der Waals surface area contributed by atoms with Gasteiger partial charge in [-0.3, -0.25) is 0 Å². The third-order valence-corrected chi connectivity index (χ3v) is 5.92. The molecule has 4 nitrogen and oxygen atoms in total. The topological polar surface area (TPSA) is 58.2 Å². The first-order valence-corrected chi connectivity index (χ1v) is 8.72. The third kappa shape index (κ3) is 3.33. The summed E-state index contributed by atoms with van der Waals surface area (Å²) in [7, 11) is -1.92. The van der Waals surface area contributed by atoms with Crippen LogP contribution >= 0.6 is 0 Å². The van der Waals surface area contributed by atoms with Crippen LogP contribution in [-0.2, 0) is 10.0 Å². The summed E-state index contributed by atoms with van der Waals surface area (Å²) in [6.07, 6.45) is 3.75. The minimum absolute atomic E-state index is 0.301. The summed E-state index contributed by atoms with van der Waals surface area (Å²) < 4.78 is 25.7. The number of benzene rings is 1. The number of rotatable bonds is 4. The van der Waals surface area contributed by atoms with Crippen LogP contribution in [0.1, 0.15) is 33.1 Å². The van der Waals surface area contributed by atoms with E-state index in [9.17, 15) is 8.42 Å². The van der Waals surface area contributed by atoms with Crippen molar-refractivity contribution in [3.63, 3.8) is 0 Å². The molecular weight excluding hydrogens is 272 g/mol. The Labute approximate surface area is 122 Å². The van der Waals surface area contributed by atoms with Crippen LogP contribution in [0.25, 0.3) is 0 Å². The summed E-state index contributed by atoms with van der Waals surface area (Å²) >= 11 is 0. The predicted molar refractivity (Wildman–Crippen MR) is 82.3 cm³/mol. The van der Waals surface area contributed by atoms with Gasteiger partial charge in [-0.25, -0.2) is 13.1 Å². The molecule has 2 N–H and O–H groups in total. The number of hydrogen-bond donors (Lipinski definition) is 2. The molecule has 0 aliphatic heterocycles. The van der Waals surface area contributed by atoms with E-state index in [0.29, 0.717) is 16.9 Å². The van der Waals surface area contributed by atoms with Crippen molar-refractivity contribution in [1.29, 1.82) is 0 Å². The van der Waals surface area contributed by atoms with Crippen LogP contribution in [-0.4, -0.2) is 21.5 Å². The Morgan fingerprint density at radius 2 is 1.75 bits per heavy atom. The first-order chi connectivity index (χ1) is 9.44. The lowest BCUT2D eigenvalue weighted by Crippen LogP contribution is -2.34. The average Bonchev–Trinajstić information content (AvgIpc) is 2.44. The van der Waals surface area contributed by atoms with Crippen molar-refractivity contribution in [2.75, 3.05) is 12.4 Å². The normalized spacial score (nSPS) is 27.2. The van der Waals surface area contributed by atoms with Gasteiger partial charge in [0.15, 0.2) is 0 Å². The highest BCUT2D eigenvalue weighted by molar-refractivity contribution is 7.89. The number of sulfonamides is 1. The fraction of sp³-hybridized carbons (Fsp3) is 0.600. The molecule has 0 radical (unpaired) electrons. The fourth-order valence-corrected chi connectivity index (χ4v) is 3.58. The van der Waals surface area contributed by atoms with Gasteiger partial charge >= 0.3 is 0 Å². The molecule has 0 bridgehead atoms. The molecule has 3 atom stereocenters. The Bertz CT molecular complexity index is 539. The second-order valence-corrected chi connectivity index (χ2v) is 7.64. The fourth-order valence-electron chi connectivity index (χ4n) is 2.85. The van der Waals surface area contributed by atoms with Crippen molar-refractivity contribution in [3.8, 4) is 0 Å². The van der Waals surface area contributed by atoms with E-state index >= 15 is 0 Å². The maximum absolute atomic E-state index is 11.7. The highest BCUT2D eigenvalue weighted by Gasteiger charge is 2.26. The molecule has 1 aromatic rings. The zero-order chi connectivity index (χ0) is 14.8. The smallest absolute Gasteiger partial charge is 0.240 e. The number of nitrogens with one attached hydrogen (secondary N) is 2.